The van der Waals surface area contributed by atoms with Gasteiger partial charge in [-0.05, 0) is 31.0 Å². The number of piperazine rings is 1. The number of hydrogen-bond acceptors (Lipinski definition) is 5. The number of aromatic hydroxyl groups is 1. The van der Waals surface area contributed by atoms with Crippen LogP contribution in [0.1, 0.15) is 5.56 Å². The number of amides is 1. The zero-order valence-electron chi connectivity index (χ0n) is 12.1. The summed E-state index contributed by atoms with van der Waals surface area (Å²) in [5, 5.41) is 10.4. The van der Waals surface area contributed by atoms with Gasteiger partial charge in [0.05, 0.1) is 4.91 Å². The largest absolute Gasteiger partial charge is 0.504 e. The van der Waals surface area contributed by atoms with Crippen molar-refractivity contribution in [3.63, 3.8) is 0 Å². The number of thioether (sulfide) groups is 1. The summed E-state index contributed by atoms with van der Waals surface area (Å²) in [6, 6.07) is 4.23. The van der Waals surface area contributed by atoms with E-state index in [1.807, 2.05) is 0 Å². The fourth-order valence-corrected chi connectivity index (χ4v) is 3.28. The molecule has 1 fully saturated rings. The lowest BCUT2D eigenvalue weighted by Gasteiger charge is -2.32. The zero-order valence-corrected chi connectivity index (χ0v) is 12.9. The lowest BCUT2D eigenvalue weighted by atomic mass is 10.2. The number of para-hydroxylation sites is 1. The second-order valence-corrected chi connectivity index (χ2v) is 6.29. The minimum Gasteiger partial charge on any atom is -0.504 e. The number of halogens is 1. The molecule has 2 heterocycles. The number of benzene rings is 1. The number of rotatable bonds is 1. The molecule has 0 aromatic heterocycles. The first-order chi connectivity index (χ1) is 10.5. The predicted molar refractivity (Wildman–Crippen MR) is 85.1 cm³/mol. The Hall–Kier alpha value is -1.86. The lowest BCUT2D eigenvalue weighted by molar-refractivity contribution is -0.113. The molecule has 0 atom stereocenters. The maximum Gasteiger partial charge on any atom is 0.286 e. The summed E-state index contributed by atoms with van der Waals surface area (Å²) in [4.78, 5) is 20.8. The SMILES string of the molecule is CN1CCN(C2=NC(=O)/C(=C/c3cccc(F)c3O)S2)CC1. The molecule has 1 aromatic carbocycles. The molecular weight excluding hydrogens is 305 g/mol. The van der Waals surface area contributed by atoms with Gasteiger partial charge in [-0.15, -0.1) is 0 Å². The van der Waals surface area contributed by atoms with Crippen molar-refractivity contribution in [1.29, 1.82) is 0 Å². The first kappa shape index (κ1) is 15.1. The number of nitrogens with zero attached hydrogens (tertiary/aromatic N) is 3. The summed E-state index contributed by atoms with van der Waals surface area (Å²) in [6.07, 6.45) is 1.48. The van der Waals surface area contributed by atoms with Gasteiger partial charge in [0.15, 0.2) is 16.7 Å². The van der Waals surface area contributed by atoms with Crippen LogP contribution in [0, 0.1) is 5.82 Å². The van der Waals surface area contributed by atoms with Crippen LogP contribution >= 0.6 is 11.8 Å². The molecule has 0 radical (unpaired) electrons. The van der Waals surface area contributed by atoms with Crippen LogP contribution in [0.15, 0.2) is 28.1 Å². The molecule has 3 rings (SSSR count). The van der Waals surface area contributed by atoms with E-state index in [1.165, 1.54) is 30.0 Å². The smallest absolute Gasteiger partial charge is 0.286 e. The van der Waals surface area contributed by atoms with Crippen molar-refractivity contribution in [2.75, 3.05) is 33.2 Å². The number of aliphatic imine (C=N–C) groups is 1. The molecule has 1 aromatic rings. The van der Waals surface area contributed by atoms with Crippen molar-refractivity contribution in [2.24, 2.45) is 4.99 Å². The number of amidine groups is 1. The molecule has 0 spiro atoms. The fraction of sp³-hybridized carbons (Fsp3) is 0.333. The first-order valence-corrected chi connectivity index (χ1v) is 7.80. The number of likely N-dealkylation sites (N-methyl/N-ethyl adjacent to an activating group) is 1. The normalized spacial score (nSPS) is 21.5. The third-order valence-corrected chi connectivity index (χ3v) is 4.73. The van der Waals surface area contributed by atoms with E-state index in [0.29, 0.717) is 10.1 Å². The Labute approximate surface area is 132 Å². The molecule has 5 nitrogen and oxygen atoms in total. The monoisotopic (exact) mass is 321 g/mol. The van der Waals surface area contributed by atoms with Crippen LogP contribution in [-0.4, -0.2) is 59.2 Å². The Morgan fingerprint density at radius 1 is 1.32 bits per heavy atom. The van der Waals surface area contributed by atoms with Gasteiger partial charge in [0, 0.05) is 31.7 Å². The Kier molecular flexibility index (Phi) is 4.17. The maximum atomic E-state index is 13.3. The molecule has 22 heavy (non-hydrogen) atoms. The second-order valence-electron chi connectivity index (χ2n) is 5.28. The fourth-order valence-electron chi connectivity index (χ4n) is 2.32. The van der Waals surface area contributed by atoms with Crippen LogP contribution in [0.5, 0.6) is 5.75 Å². The van der Waals surface area contributed by atoms with Crippen molar-refractivity contribution < 1.29 is 14.3 Å². The van der Waals surface area contributed by atoms with Crippen LogP contribution in [0.3, 0.4) is 0 Å². The van der Waals surface area contributed by atoms with Crippen molar-refractivity contribution >= 4 is 28.9 Å². The van der Waals surface area contributed by atoms with Crippen LogP contribution in [0.2, 0.25) is 0 Å². The van der Waals surface area contributed by atoms with Crippen LogP contribution in [-0.2, 0) is 4.79 Å². The van der Waals surface area contributed by atoms with Crippen molar-refractivity contribution in [2.45, 2.75) is 0 Å². The predicted octanol–water partition coefficient (Wildman–Crippen LogP) is 1.75. The third kappa shape index (κ3) is 3.00. The third-order valence-electron chi connectivity index (χ3n) is 3.69. The highest BCUT2D eigenvalue weighted by molar-refractivity contribution is 8.18. The van der Waals surface area contributed by atoms with Crippen LogP contribution in [0.4, 0.5) is 4.39 Å². The standard InChI is InChI=1S/C15H16FN3O2S/c1-18-5-7-19(8-6-18)15-17-14(21)12(22-15)9-10-3-2-4-11(16)13(10)20/h2-4,9,20H,5-8H2,1H3/b12-9-. The van der Waals surface area contributed by atoms with Gasteiger partial charge in [0.1, 0.15) is 0 Å². The average Bonchev–Trinajstić information content (AvgIpc) is 2.86. The molecular formula is C15H16FN3O2S. The van der Waals surface area contributed by atoms with E-state index in [-0.39, 0.29) is 11.5 Å². The first-order valence-electron chi connectivity index (χ1n) is 6.98. The van der Waals surface area contributed by atoms with E-state index >= 15 is 0 Å². The summed E-state index contributed by atoms with van der Waals surface area (Å²) in [6.45, 7) is 3.51. The number of phenolic OH excluding ortho intramolecular Hbond substituents is 1. The Bertz CT molecular complexity index is 667. The van der Waals surface area contributed by atoms with Crippen LogP contribution in [0.25, 0.3) is 6.08 Å². The van der Waals surface area contributed by atoms with Gasteiger partial charge in [0.25, 0.3) is 5.91 Å². The molecule has 1 amide bonds. The molecule has 0 aliphatic carbocycles. The van der Waals surface area contributed by atoms with Crippen molar-refractivity contribution in [1.82, 2.24) is 9.80 Å². The summed E-state index contributed by atoms with van der Waals surface area (Å²) >= 11 is 1.27. The Morgan fingerprint density at radius 3 is 2.77 bits per heavy atom. The molecule has 1 saturated heterocycles. The molecule has 1 N–H and O–H groups in total. The number of phenols is 1. The Balaban J connectivity index is 1.77. The second kappa shape index (κ2) is 6.10. The molecule has 2 aliphatic rings. The summed E-state index contributed by atoms with van der Waals surface area (Å²) in [5.41, 5.74) is 0.283. The molecule has 0 bridgehead atoms. The molecule has 0 unspecified atom stereocenters. The van der Waals surface area contributed by atoms with E-state index in [4.69, 9.17) is 0 Å². The van der Waals surface area contributed by atoms with E-state index < -0.39 is 11.6 Å². The summed E-state index contributed by atoms with van der Waals surface area (Å²) in [5.74, 6) is -1.50. The minimum atomic E-state index is -0.704. The average molecular weight is 321 g/mol. The summed E-state index contributed by atoms with van der Waals surface area (Å²) in [7, 11) is 2.06. The van der Waals surface area contributed by atoms with Crippen molar-refractivity contribution in [3.8, 4) is 5.75 Å². The highest BCUT2D eigenvalue weighted by Gasteiger charge is 2.28. The zero-order chi connectivity index (χ0) is 15.7. The maximum absolute atomic E-state index is 13.3. The van der Waals surface area contributed by atoms with E-state index in [2.05, 4.69) is 21.8 Å². The van der Waals surface area contributed by atoms with Crippen LogP contribution < -0.4 is 0 Å². The minimum absolute atomic E-state index is 0.283. The highest BCUT2D eigenvalue weighted by Crippen LogP contribution is 2.32. The number of hydrogen-bond donors (Lipinski definition) is 1. The van der Waals surface area contributed by atoms with Gasteiger partial charge in [0.2, 0.25) is 0 Å². The molecule has 7 heteroatoms. The van der Waals surface area contributed by atoms with Gasteiger partial charge < -0.3 is 14.9 Å². The molecule has 116 valence electrons. The highest BCUT2D eigenvalue weighted by atomic mass is 32.2. The number of carbonyl (C=O) groups excluding carboxylic acids is 1. The quantitative estimate of drug-likeness (QED) is 0.799. The van der Waals surface area contributed by atoms with Gasteiger partial charge in [-0.3, -0.25) is 4.79 Å². The van der Waals surface area contributed by atoms with Gasteiger partial charge >= 0.3 is 0 Å². The number of carbonyl (C=O) groups is 1. The lowest BCUT2D eigenvalue weighted by Crippen LogP contribution is -2.46. The molecule has 0 saturated carbocycles. The molecule has 2 aliphatic heterocycles. The van der Waals surface area contributed by atoms with Crippen molar-refractivity contribution in [3.05, 3.63) is 34.5 Å². The van der Waals surface area contributed by atoms with Gasteiger partial charge in [-0.25, -0.2) is 4.39 Å². The summed E-state index contributed by atoms with van der Waals surface area (Å²) < 4.78 is 13.3. The van der Waals surface area contributed by atoms with Gasteiger partial charge in [-0.2, -0.15) is 4.99 Å². The Morgan fingerprint density at radius 2 is 2.05 bits per heavy atom. The van der Waals surface area contributed by atoms with E-state index in [1.54, 1.807) is 6.07 Å². The van der Waals surface area contributed by atoms with E-state index in [9.17, 15) is 14.3 Å². The topological polar surface area (TPSA) is 56.1 Å². The van der Waals surface area contributed by atoms with E-state index in [0.717, 1.165) is 26.2 Å². The van der Waals surface area contributed by atoms with Gasteiger partial charge in [-0.1, -0.05) is 12.1 Å².